The molecular weight excluding hydrogens is 356 g/mol. The molecule has 0 saturated heterocycles. The predicted octanol–water partition coefficient (Wildman–Crippen LogP) is 6.86. The van der Waals surface area contributed by atoms with E-state index >= 15 is 0 Å². The van der Waals surface area contributed by atoms with Crippen LogP contribution in [-0.4, -0.2) is 15.0 Å². The molecule has 0 fully saturated rings. The van der Waals surface area contributed by atoms with Crippen LogP contribution in [0.4, 0.5) is 0 Å². The van der Waals surface area contributed by atoms with Gasteiger partial charge in [0.1, 0.15) is 4.90 Å². The molecule has 0 bridgehead atoms. The summed E-state index contributed by atoms with van der Waals surface area (Å²) < 4.78 is 30.3. The van der Waals surface area contributed by atoms with E-state index in [-0.39, 0.29) is 11.5 Å². The van der Waals surface area contributed by atoms with Crippen molar-refractivity contribution in [2.45, 2.75) is 82.4 Å². The van der Waals surface area contributed by atoms with Crippen LogP contribution in [0.5, 0.6) is 0 Å². The minimum Gasteiger partial charge on any atom is -0.266 e. The number of rotatable bonds is 14. The number of unbranched alkanes of at least 4 members (excludes halogenated alkanes) is 10. The standard InChI is InChI=1S/C23H34O3S/c1-2-3-4-5-6-7-8-9-10-11-14-20-26-27(24,25)23-19-15-17-21-16-12-13-18-22(21)23/h12-13,15-19H,2-11,14,20H2,1H3. The van der Waals surface area contributed by atoms with E-state index in [2.05, 4.69) is 6.92 Å². The van der Waals surface area contributed by atoms with E-state index in [0.717, 1.165) is 30.0 Å². The van der Waals surface area contributed by atoms with Gasteiger partial charge in [-0.1, -0.05) is 108 Å². The second-order valence-corrected chi connectivity index (χ2v) is 8.87. The molecule has 0 radical (unpaired) electrons. The molecule has 0 atom stereocenters. The fourth-order valence-electron chi connectivity index (χ4n) is 3.41. The Kier molecular flexibility index (Phi) is 9.85. The fraction of sp³-hybridized carbons (Fsp3) is 0.565. The molecular formula is C23H34O3S. The Morgan fingerprint density at radius 2 is 1.26 bits per heavy atom. The normalized spacial score (nSPS) is 11.9. The minimum absolute atomic E-state index is 0.266. The molecule has 0 aromatic heterocycles. The Morgan fingerprint density at radius 1 is 0.704 bits per heavy atom. The molecule has 150 valence electrons. The Balaban J connectivity index is 1.62. The highest BCUT2D eigenvalue weighted by molar-refractivity contribution is 7.87. The van der Waals surface area contributed by atoms with Crippen molar-refractivity contribution in [3.05, 3.63) is 42.5 Å². The molecule has 0 amide bonds. The summed E-state index contributed by atoms with van der Waals surface area (Å²) >= 11 is 0. The van der Waals surface area contributed by atoms with E-state index in [4.69, 9.17) is 4.18 Å². The van der Waals surface area contributed by atoms with Crippen LogP contribution in [-0.2, 0) is 14.3 Å². The molecule has 0 unspecified atom stereocenters. The molecule has 0 spiro atoms. The smallest absolute Gasteiger partial charge is 0.266 e. The van der Waals surface area contributed by atoms with Crippen molar-refractivity contribution in [1.29, 1.82) is 0 Å². The van der Waals surface area contributed by atoms with Gasteiger partial charge in [-0.3, -0.25) is 4.18 Å². The predicted molar refractivity (Wildman–Crippen MR) is 114 cm³/mol. The van der Waals surface area contributed by atoms with Crippen molar-refractivity contribution >= 4 is 20.9 Å². The van der Waals surface area contributed by atoms with Gasteiger partial charge in [-0.2, -0.15) is 8.42 Å². The van der Waals surface area contributed by atoms with Gasteiger partial charge in [0.15, 0.2) is 0 Å². The summed E-state index contributed by atoms with van der Waals surface area (Å²) in [5, 5.41) is 1.64. The topological polar surface area (TPSA) is 43.4 Å². The molecule has 2 rings (SSSR count). The molecule has 3 nitrogen and oxygen atoms in total. The first-order chi connectivity index (χ1) is 13.1. The molecule has 0 saturated carbocycles. The van der Waals surface area contributed by atoms with Gasteiger partial charge in [0.2, 0.25) is 0 Å². The average Bonchev–Trinajstić information content (AvgIpc) is 2.68. The zero-order valence-electron chi connectivity index (χ0n) is 16.7. The first kappa shape index (κ1) is 21.9. The zero-order valence-corrected chi connectivity index (χ0v) is 17.5. The largest absolute Gasteiger partial charge is 0.297 e. The van der Waals surface area contributed by atoms with Crippen molar-refractivity contribution < 1.29 is 12.6 Å². The van der Waals surface area contributed by atoms with Crippen molar-refractivity contribution in [2.75, 3.05) is 6.61 Å². The van der Waals surface area contributed by atoms with Gasteiger partial charge in [0, 0.05) is 5.39 Å². The van der Waals surface area contributed by atoms with Gasteiger partial charge in [-0.25, -0.2) is 0 Å². The summed E-state index contributed by atoms with van der Waals surface area (Å²) in [5.41, 5.74) is 0. The molecule has 27 heavy (non-hydrogen) atoms. The third kappa shape index (κ3) is 7.63. The molecule has 0 aliphatic rings. The third-order valence-corrected chi connectivity index (χ3v) is 6.38. The monoisotopic (exact) mass is 390 g/mol. The third-order valence-electron chi connectivity index (χ3n) is 5.01. The second-order valence-electron chi connectivity index (χ2n) is 7.29. The van der Waals surface area contributed by atoms with E-state index in [0.29, 0.717) is 0 Å². The maximum Gasteiger partial charge on any atom is 0.297 e. The average molecular weight is 391 g/mol. The van der Waals surface area contributed by atoms with E-state index in [1.807, 2.05) is 30.3 Å². The molecule has 2 aromatic carbocycles. The van der Waals surface area contributed by atoms with Gasteiger partial charge in [0.25, 0.3) is 10.1 Å². The SMILES string of the molecule is CCCCCCCCCCCCCOS(=O)(=O)c1cccc2ccccc12. The van der Waals surface area contributed by atoms with Crippen LogP contribution < -0.4 is 0 Å². The van der Waals surface area contributed by atoms with Crippen molar-refractivity contribution in [3.63, 3.8) is 0 Å². The van der Waals surface area contributed by atoms with Gasteiger partial charge in [0.05, 0.1) is 6.61 Å². The summed E-state index contributed by atoms with van der Waals surface area (Å²) in [6.07, 6.45) is 13.6. The Morgan fingerprint density at radius 3 is 1.93 bits per heavy atom. The fourth-order valence-corrected chi connectivity index (χ4v) is 4.58. The number of fused-ring (bicyclic) bond motifs is 1. The van der Waals surface area contributed by atoms with E-state index < -0.39 is 10.1 Å². The van der Waals surface area contributed by atoms with E-state index in [1.54, 1.807) is 12.1 Å². The molecule has 0 heterocycles. The first-order valence-corrected chi connectivity index (χ1v) is 11.9. The van der Waals surface area contributed by atoms with Crippen LogP contribution in [0.1, 0.15) is 77.6 Å². The highest BCUT2D eigenvalue weighted by atomic mass is 32.2. The number of hydrogen-bond acceptors (Lipinski definition) is 3. The van der Waals surface area contributed by atoms with Crippen LogP contribution in [0, 0.1) is 0 Å². The van der Waals surface area contributed by atoms with Gasteiger partial charge < -0.3 is 0 Å². The van der Waals surface area contributed by atoms with Crippen molar-refractivity contribution in [2.24, 2.45) is 0 Å². The molecule has 0 N–H and O–H groups in total. The van der Waals surface area contributed by atoms with Gasteiger partial charge in [-0.05, 0) is 17.9 Å². The van der Waals surface area contributed by atoms with Gasteiger partial charge >= 0.3 is 0 Å². The summed E-state index contributed by atoms with van der Waals surface area (Å²) in [4.78, 5) is 0.267. The quantitative estimate of drug-likeness (QED) is 0.261. The van der Waals surface area contributed by atoms with Crippen LogP contribution in [0.3, 0.4) is 0 Å². The number of benzene rings is 2. The molecule has 4 heteroatoms. The lowest BCUT2D eigenvalue weighted by molar-refractivity contribution is 0.306. The molecule has 0 aliphatic heterocycles. The highest BCUT2D eigenvalue weighted by Crippen LogP contribution is 2.24. The Labute approximate surface area is 165 Å². The molecule has 0 aliphatic carbocycles. The lowest BCUT2D eigenvalue weighted by atomic mass is 10.1. The van der Waals surface area contributed by atoms with Crippen LogP contribution in [0.25, 0.3) is 10.8 Å². The van der Waals surface area contributed by atoms with E-state index in [1.165, 1.54) is 51.4 Å². The van der Waals surface area contributed by atoms with Crippen LogP contribution >= 0.6 is 0 Å². The maximum absolute atomic E-state index is 12.5. The van der Waals surface area contributed by atoms with Crippen LogP contribution in [0.15, 0.2) is 47.4 Å². The van der Waals surface area contributed by atoms with Gasteiger partial charge in [-0.15, -0.1) is 0 Å². The Bertz CT molecular complexity index is 763. The second kappa shape index (κ2) is 12.1. The summed E-state index contributed by atoms with van der Waals surface area (Å²) in [6, 6.07) is 12.8. The maximum atomic E-state index is 12.5. The van der Waals surface area contributed by atoms with Crippen molar-refractivity contribution in [1.82, 2.24) is 0 Å². The Hall–Kier alpha value is -1.39. The summed E-state index contributed by atoms with van der Waals surface area (Å²) in [5.74, 6) is 0. The minimum atomic E-state index is -3.70. The molecule has 2 aromatic rings. The lowest BCUT2D eigenvalue weighted by Crippen LogP contribution is -2.08. The first-order valence-electron chi connectivity index (χ1n) is 10.5. The van der Waals surface area contributed by atoms with Crippen LogP contribution in [0.2, 0.25) is 0 Å². The highest BCUT2D eigenvalue weighted by Gasteiger charge is 2.17. The summed E-state index contributed by atoms with van der Waals surface area (Å²) in [7, 11) is -3.70. The van der Waals surface area contributed by atoms with E-state index in [9.17, 15) is 8.42 Å². The lowest BCUT2D eigenvalue weighted by Gasteiger charge is -2.08. The summed E-state index contributed by atoms with van der Waals surface area (Å²) in [6.45, 7) is 2.51. The zero-order chi connectivity index (χ0) is 19.4. The number of hydrogen-bond donors (Lipinski definition) is 0. The van der Waals surface area contributed by atoms with Crippen molar-refractivity contribution in [3.8, 4) is 0 Å².